The summed E-state index contributed by atoms with van der Waals surface area (Å²) in [5, 5.41) is 121. The van der Waals surface area contributed by atoms with Gasteiger partial charge in [-0.25, -0.2) is 0 Å². The van der Waals surface area contributed by atoms with Crippen LogP contribution in [-0.4, -0.2) is 193 Å². The van der Waals surface area contributed by atoms with E-state index in [1.807, 2.05) is 6.08 Å². The van der Waals surface area contributed by atoms with Gasteiger partial charge in [0, 0.05) is 6.42 Å². The van der Waals surface area contributed by atoms with Crippen molar-refractivity contribution in [3.8, 4) is 0 Å². The summed E-state index contributed by atoms with van der Waals surface area (Å²) in [5.74, 6) is -0.287. The summed E-state index contributed by atoms with van der Waals surface area (Å²) in [7, 11) is 0. The fourth-order valence-electron chi connectivity index (χ4n) is 13.5. The number of carbonyl (C=O) groups excluding carboxylic acids is 1. The highest BCUT2D eigenvalue weighted by atomic mass is 16.8. The van der Waals surface area contributed by atoms with E-state index in [1.54, 1.807) is 6.08 Å². The van der Waals surface area contributed by atoms with Crippen molar-refractivity contribution in [1.29, 1.82) is 0 Å². The topological polar surface area (TPSA) is 307 Å². The van der Waals surface area contributed by atoms with Crippen molar-refractivity contribution in [2.75, 3.05) is 26.4 Å². The molecule has 0 spiro atoms. The summed E-state index contributed by atoms with van der Waals surface area (Å²) in [4.78, 5) is 13.5. The minimum Gasteiger partial charge on any atom is -0.394 e. The lowest BCUT2D eigenvalue weighted by Crippen LogP contribution is -2.66. The van der Waals surface area contributed by atoms with Crippen molar-refractivity contribution < 1.29 is 89.4 Å². The molecule has 0 aromatic rings. The molecule has 3 fully saturated rings. The summed E-state index contributed by atoms with van der Waals surface area (Å²) in [6.07, 6.45) is 61.4. The molecule has 3 aliphatic rings. The zero-order chi connectivity index (χ0) is 75.3. The van der Waals surface area contributed by atoms with Crippen LogP contribution in [0, 0.1) is 0 Å². The second-order valence-corrected chi connectivity index (χ2v) is 29.2. The van der Waals surface area contributed by atoms with E-state index in [1.165, 1.54) is 193 Å². The number of allylic oxidation sites excluding steroid dienone is 15. The van der Waals surface area contributed by atoms with Gasteiger partial charge in [0.15, 0.2) is 18.9 Å². The maximum absolute atomic E-state index is 13.5. The molecule has 1 amide bonds. The molecule has 0 bridgehead atoms. The Morgan fingerprint density at radius 3 is 1.08 bits per heavy atom. The Morgan fingerprint density at radius 2 is 0.673 bits per heavy atom. The van der Waals surface area contributed by atoms with E-state index in [9.17, 15) is 61.0 Å². The van der Waals surface area contributed by atoms with Gasteiger partial charge in [-0.3, -0.25) is 4.79 Å². The summed E-state index contributed by atoms with van der Waals surface area (Å²) in [6.45, 7) is 1.61. The summed E-state index contributed by atoms with van der Waals surface area (Å²) >= 11 is 0. The Balaban J connectivity index is 1.30. The summed E-state index contributed by atoms with van der Waals surface area (Å²) in [6, 6.07) is -0.999. The van der Waals surface area contributed by atoms with Crippen LogP contribution in [0.3, 0.4) is 0 Å². The van der Waals surface area contributed by atoms with E-state index in [4.69, 9.17) is 28.4 Å². The third-order valence-corrected chi connectivity index (χ3v) is 20.1. The maximum Gasteiger partial charge on any atom is 0.220 e. The first-order valence-corrected chi connectivity index (χ1v) is 41.5. The van der Waals surface area contributed by atoms with Crippen molar-refractivity contribution in [2.45, 2.75) is 407 Å². The van der Waals surface area contributed by atoms with Crippen LogP contribution < -0.4 is 5.32 Å². The number of amides is 1. The van der Waals surface area contributed by atoms with Gasteiger partial charge in [-0.1, -0.05) is 304 Å². The normalized spacial score (nSPS) is 26.4. The van der Waals surface area contributed by atoms with Gasteiger partial charge < -0.3 is 89.9 Å². The van der Waals surface area contributed by atoms with Crippen molar-refractivity contribution in [1.82, 2.24) is 5.32 Å². The Kier molecular flexibility index (Phi) is 58.9. The van der Waals surface area contributed by atoms with Crippen molar-refractivity contribution in [3.63, 3.8) is 0 Å². The molecule has 104 heavy (non-hydrogen) atoms. The van der Waals surface area contributed by atoms with E-state index in [0.29, 0.717) is 12.8 Å². The predicted octanol–water partition coefficient (Wildman–Crippen LogP) is 14.3. The van der Waals surface area contributed by atoms with Gasteiger partial charge in [0.05, 0.1) is 38.6 Å². The van der Waals surface area contributed by atoms with Crippen LogP contribution in [0.4, 0.5) is 0 Å². The lowest BCUT2D eigenvalue weighted by atomic mass is 9.96. The Morgan fingerprint density at radius 1 is 0.356 bits per heavy atom. The van der Waals surface area contributed by atoms with Crippen LogP contribution in [0.2, 0.25) is 0 Å². The van der Waals surface area contributed by atoms with Gasteiger partial charge in [0.2, 0.25) is 5.91 Å². The maximum atomic E-state index is 13.5. The van der Waals surface area contributed by atoms with Gasteiger partial charge in [0.25, 0.3) is 0 Å². The second kappa shape index (κ2) is 64.5. The third kappa shape index (κ3) is 43.8. The fourth-order valence-corrected chi connectivity index (χ4v) is 13.5. The quantitative estimate of drug-likeness (QED) is 0.0199. The molecule has 3 rings (SSSR count). The third-order valence-electron chi connectivity index (χ3n) is 20.1. The molecule has 602 valence electrons. The first-order valence-electron chi connectivity index (χ1n) is 41.5. The first kappa shape index (κ1) is 94.9. The van der Waals surface area contributed by atoms with Gasteiger partial charge in [0.1, 0.15) is 73.2 Å². The summed E-state index contributed by atoms with van der Waals surface area (Å²) in [5.41, 5.74) is 0. The largest absolute Gasteiger partial charge is 0.394 e. The van der Waals surface area contributed by atoms with Crippen LogP contribution in [0.1, 0.15) is 303 Å². The van der Waals surface area contributed by atoms with Crippen molar-refractivity contribution >= 4 is 5.91 Å². The average molecular weight is 1470 g/mol. The minimum atomic E-state index is -1.99. The Labute approximate surface area is 628 Å². The highest BCUT2D eigenvalue weighted by Gasteiger charge is 2.54. The number of nitrogens with one attached hydrogen (secondary N) is 1. The number of ether oxygens (including phenoxy) is 6. The Bertz CT molecular complexity index is 2260. The zero-order valence-corrected chi connectivity index (χ0v) is 64.5. The minimum absolute atomic E-state index is 0.232. The molecule has 0 radical (unpaired) electrons. The van der Waals surface area contributed by atoms with Crippen molar-refractivity contribution in [2.24, 2.45) is 0 Å². The Hall–Kier alpha value is -3.29. The highest BCUT2D eigenvalue weighted by molar-refractivity contribution is 5.76. The number of hydrogen-bond donors (Lipinski definition) is 12. The standard InChI is InChI=1S/C85H149NO18/c1-3-5-7-9-11-13-15-17-19-21-23-24-25-26-27-28-29-30-31-32-33-34-35-36-37-38-39-40-41-42-43-44-45-47-49-51-53-55-57-59-61-63-73(91)86-68(69(90)62-60-58-56-54-52-50-48-46-22-20-18-16-14-12-10-8-6-4-2)67-99-83-79(97)76(94)81(71(65-88)101-83)104-85-80(98)77(95)82(72(66-89)102-85)103-84-78(96)75(93)74(92)70(64-87)100-84/h5,7,11,13,17,19,22-24,26-27,46,52,54,60,62,68-72,74-85,87-90,92-98H,3-4,6,8-10,12,14-16,18,20-21,25,28-45,47-51,53,55-59,61,63-67H2,1-2H3,(H,86,91)/b7-5-,13-11-,19-17-,24-23-,27-26-,46-22+,54-52+,62-60+. The smallest absolute Gasteiger partial charge is 0.220 e. The van der Waals surface area contributed by atoms with Crippen LogP contribution in [0.15, 0.2) is 97.2 Å². The van der Waals surface area contributed by atoms with Crippen molar-refractivity contribution in [3.05, 3.63) is 97.2 Å². The molecule has 3 heterocycles. The van der Waals surface area contributed by atoms with Gasteiger partial charge in [-0.15, -0.1) is 0 Å². The molecule has 3 aliphatic heterocycles. The molecule has 19 heteroatoms. The molecular formula is C85H149NO18. The zero-order valence-electron chi connectivity index (χ0n) is 64.5. The molecule has 0 aromatic carbocycles. The van der Waals surface area contributed by atoms with E-state index in [0.717, 1.165) is 77.0 Å². The van der Waals surface area contributed by atoms with Gasteiger partial charge in [-0.05, 0) is 89.9 Å². The monoisotopic (exact) mass is 1470 g/mol. The SMILES string of the molecule is CC/C=C\C/C=C\C/C=C\C/C=C\C/C=C\CCCCCCCCCCCCCCCCCCCCCCCCCCCC(=O)NC(COC1OC(CO)C(OC2OC(CO)C(OC3OC(CO)C(O)C(O)C3O)C(O)C2O)C(O)C1O)C(O)/C=C/CC/C=C/CC/C=C/CCCCCCCCCC. The van der Waals surface area contributed by atoms with E-state index in [2.05, 4.69) is 104 Å². The number of unbranched alkanes of at least 4 members (excludes halogenated alkanes) is 35. The van der Waals surface area contributed by atoms with E-state index < -0.39 is 124 Å². The molecule has 17 atom stereocenters. The van der Waals surface area contributed by atoms with Crippen LogP contribution in [-0.2, 0) is 33.2 Å². The molecule has 3 saturated heterocycles. The van der Waals surface area contributed by atoms with E-state index >= 15 is 0 Å². The number of rotatable bonds is 65. The molecular weight excluding hydrogens is 1320 g/mol. The number of hydrogen-bond acceptors (Lipinski definition) is 18. The highest BCUT2D eigenvalue weighted by Crippen LogP contribution is 2.33. The second-order valence-electron chi connectivity index (χ2n) is 29.2. The average Bonchev–Trinajstić information content (AvgIpc) is 0.783. The molecule has 0 aliphatic carbocycles. The molecule has 19 nitrogen and oxygen atoms in total. The summed E-state index contributed by atoms with van der Waals surface area (Å²) < 4.78 is 34.4. The van der Waals surface area contributed by atoms with E-state index in [-0.39, 0.29) is 18.9 Å². The van der Waals surface area contributed by atoms with Gasteiger partial charge in [-0.2, -0.15) is 0 Å². The number of carbonyl (C=O) groups is 1. The fraction of sp³-hybridized carbons (Fsp3) is 0.800. The predicted molar refractivity (Wildman–Crippen MR) is 415 cm³/mol. The van der Waals surface area contributed by atoms with Crippen LogP contribution in [0.5, 0.6) is 0 Å². The lowest BCUT2D eigenvalue weighted by molar-refractivity contribution is -0.379. The number of aliphatic hydroxyl groups is 11. The molecule has 0 saturated carbocycles. The molecule has 12 N–H and O–H groups in total. The lowest BCUT2D eigenvalue weighted by Gasteiger charge is -2.48. The van der Waals surface area contributed by atoms with Crippen LogP contribution in [0.25, 0.3) is 0 Å². The first-order chi connectivity index (χ1) is 50.8. The van der Waals surface area contributed by atoms with Crippen LogP contribution >= 0.6 is 0 Å². The molecule has 0 aromatic heterocycles. The van der Waals surface area contributed by atoms with Gasteiger partial charge >= 0.3 is 0 Å². The molecule has 17 unspecified atom stereocenters. The number of aliphatic hydroxyl groups excluding tert-OH is 11.